The highest BCUT2D eigenvalue weighted by Gasteiger charge is 2.06. The molecule has 0 amide bonds. The lowest BCUT2D eigenvalue weighted by molar-refractivity contribution is 0.627. The Morgan fingerprint density at radius 1 is 1.32 bits per heavy atom. The zero-order valence-electron chi connectivity index (χ0n) is 11.2. The van der Waals surface area contributed by atoms with Crippen LogP contribution in [0, 0.1) is 5.82 Å². The fraction of sp³-hybridized carbons (Fsp3) is 0.357. The van der Waals surface area contributed by atoms with Crippen molar-refractivity contribution in [1.29, 1.82) is 0 Å². The molecular weight excluding hydrogens is 261 g/mol. The molecule has 0 aliphatic carbocycles. The van der Waals surface area contributed by atoms with Crippen molar-refractivity contribution >= 4 is 17.0 Å². The lowest BCUT2D eigenvalue weighted by atomic mass is 10.3. The van der Waals surface area contributed by atoms with Gasteiger partial charge in [-0.3, -0.25) is 0 Å². The van der Waals surface area contributed by atoms with Crippen molar-refractivity contribution in [3.8, 4) is 0 Å². The van der Waals surface area contributed by atoms with E-state index in [-0.39, 0.29) is 5.82 Å². The Hall–Kier alpha value is -1.46. The molecule has 0 spiro atoms. The van der Waals surface area contributed by atoms with Crippen LogP contribution in [0.3, 0.4) is 0 Å². The van der Waals surface area contributed by atoms with Gasteiger partial charge in [0.1, 0.15) is 10.8 Å². The van der Waals surface area contributed by atoms with Crippen LogP contribution < -0.4 is 10.2 Å². The fourth-order valence-electron chi connectivity index (χ4n) is 1.76. The SMILES string of the molecule is CCNCc1nc(CN(C)c2ccc(F)cc2)cs1. The van der Waals surface area contributed by atoms with Crippen LogP contribution in [-0.2, 0) is 13.1 Å². The Morgan fingerprint density at radius 3 is 2.74 bits per heavy atom. The van der Waals surface area contributed by atoms with Crippen molar-refractivity contribution in [1.82, 2.24) is 10.3 Å². The molecular formula is C14H18FN3S. The summed E-state index contributed by atoms with van der Waals surface area (Å²) in [7, 11) is 1.98. The number of rotatable bonds is 6. The minimum Gasteiger partial charge on any atom is -0.369 e. The molecule has 1 heterocycles. The van der Waals surface area contributed by atoms with Gasteiger partial charge in [0.05, 0.1) is 12.2 Å². The predicted molar refractivity (Wildman–Crippen MR) is 78.0 cm³/mol. The van der Waals surface area contributed by atoms with Gasteiger partial charge >= 0.3 is 0 Å². The van der Waals surface area contributed by atoms with Crippen molar-refractivity contribution in [3.63, 3.8) is 0 Å². The third-order valence-corrected chi connectivity index (χ3v) is 3.69. The summed E-state index contributed by atoms with van der Waals surface area (Å²) in [5.74, 6) is -0.210. The first-order valence-corrected chi connectivity index (χ1v) is 7.17. The highest BCUT2D eigenvalue weighted by atomic mass is 32.1. The number of benzene rings is 1. The second-order valence-electron chi connectivity index (χ2n) is 4.35. The number of thiazole rings is 1. The van der Waals surface area contributed by atoms with Crippen LogP contribution in [0.2, 0.25) is 0 Å². The largest absolute Gasteiger partial charge is 0.369 e. The van der Waals surface area contributed by atoms with Gasteiger partial charge in [-0.2, -0.15) is 0 Å². The topological polar surface area (TPSA) is 28.2 Å². The van der Waals surface area contributed by atoms with Crippen molar-refractivity contribution in [3.05, 3.63) is 46.2 Å². The number of hydrogen-bond acceptors (Lipinski definition) is 4. The Kier molecular flexibility index (Phi) is 4.87. The molecule has 0 radical (unpaired) electrons. The number of nitrogens with one attached hydrogen (secondary N) is 1. The average Bonchev–Trinajstić information content (AvgIpc) is 2.84. The van der Waals surface area contributed by atoms with Crippen molar-refractivity contribution < 1.29 is 4.39 Å². The van der Waals surface area contributed by atoms with Crippen molar-refractivity contribution in [2.24, 2.45) is 0 Å². The van der Waals surface area contributed by atoms with Crippen LogP contribution in [0.4, 0.5) is 10.1 Å². The van der Waals surface area contributed by atoms with E-state index in [0.29, 0.717) is 0 Å². The zero-order chi connectivity index (χ0) is 13.7. The number of nitrogens with zero attached hydrogens (tertiary/aromatic N) is 2. The van der Waals surface area contributed by atoms with E-state index in [0.717, 1.165) is 36.0 Å². The third kappa shape index (κ3) is 4.01. The van der Waals surface area contributed by atoms with Gasteiger partial charge in [-0.15, -0.1) is 11.3 Å². The molecule has 0 aliphatic heterocycles. The van der Waals surface area contributed by atoms with E-state index in [4.69, 9.17) is 0 Å². The summed E-state index contributed by atoms with van der Waals surface area (Å²) in [6.07, 6.45) is 0. The Balaban J connectivity index is 1.96. The number of aromatic nitrogens is 1. The van der Waals surface area contributed by atoms with Gasteiger partial charge in [0.2, 0.25) is 0 Å². The first-order valence-electron chi connectivity index (χ1n) is 6.29. The monoisotopic (exact) mass is 279 g/mol. The summed E-state index contributed by atoms with van der Waals surface area (Å²) in [6, 6.07) is 6.51. The average molecular weight is 279 g/mol. The molecule has 3 nitrogen and oxygen atoms in total. The van der Waals surface area contributed by atoms with E-state index in [9.17, 15) is 4.39 Å². The van der Waals surface area contributed by atoms with Crippen LogP contribution >= 0.6 is 11.3 Å². The van der Waals surface area contributed by atoms with Crippen LogP contribution in [0.25, 0.3) is 0 Å². The molecule has 0 saturated carbocycles. The van der Waals surface area contributed by atoms with E-state index in [2.05, 4.69) is 27.5 Å². The van der Waals surface area contributed by atoms with Crippen LogP contribution in [-0.4, -0.2) is 18.6 Å². The van der Waals surface area contributed by atoms with Crippen molar-refractivity contribution in [2.45, 2.75) is 20.0 Å². The van der Waals surface area contributed by atoms with Crippen LogP contribution in [0.5, 0.6) is 0 Å². The van der Waals surface area contributed by atoms with E-state index in [1.165, 1.54) is 12.1 Å². The maximum absolute atomic E-state index is 12.9. The molecule has 0 aliphatic rings. The highest BCUT2D eigenvalue weighted by Crippen LogP contribution is 2.17. The lowest BCUT2D eigenvalue weighted by Gasteiger charge is -2.17. The van der Waals surface area contributed by atoms with E-state index in [1.54, 1.807) is 23.5 Å². The summed E-state index contributed by atoms with van der Waals surface area (Å²) in [5, 5.41) is 6.44. The van der Waals surface area contributed by atoms with E-state index >= 15 is 0 Å². The second-order valence-corrected chi connectivity index (χ2v) is 5.29. The van der Waals surface area contributed by atoms with E-state index in [1.807, 2.05) is 7.05 Å². The van der Waals surface area contributed by atoms with Gasteiger partial charge in [0.25, 0.3) is 0 Å². The molecule has 19 heavy (non-hydrogen) atoms. The molecule has 5 heteroatoms. The quantitative estimate of drug-likeness (QED) is 0.881. The number of anilines is 1. The van der Waals surface area contributed by atoms with Crippen LogP contribution in [0.15, 0.2) is 29.6 Å². The molecule has 2 rings (SSSR count). The molecule has 102 valence electrons. The third-order valence-electron chi connectivity index (χ3n) is 2.79. The summed E-state index contributed by atoms with van der Waals surface area (Å²) in [5.41, 5.74) is 2.03. The second kappa shape index (κ2) is 6.63. The molecule has 1 aromatic heterocycles. The lowest BCUT2D eigenvalue weighted by Crippen LogP contribution is -2.17. The van der Waals surface area contributed by atoms with Crippen molar-refractivity contribution in [2.75, 3.05) is 18.5 Å². The standard InChI is InChI=1S/C14H18FN3S/c1-3-16-8-14-17-12(10-19-14)9-18(2)13-6-4-11(15)5-7-13/h4-7,10,16H,3,8-9H2,1-2H3. The molecule has 0 unspecified atom stereocenters. The maximum atomic E-state index is 12.9. The Bertz CT molecular complexity index is 510. The molecule has 0 atom stereocenters. The summed E-state index contributed by atoms with van der Waals surface area (Å²) in [4.78, 5) is 6.63. The molecule has 2 aromatic rings. The van der Waals surface area contributed by atoms with Gasteiger partial charge < -0.3 is 10.2 Å². The Morgan fingerprint density at radius 2 is 2.05 bits per heavy atom. The van der Waals surface area contributed by atoms with Gasteiger partial charge in [0.15, 0.2) is 0 Å². The van der Waals surface area contributed by atoms with Crippen LogP contribution in [0.1, 0.15) is 17.6 Å². The Labute approximate surface area is 117 Å². The van der Waals surface area contributed by atoms with Gasteiger partial charge in [0, 0.05) is 24.7 Å². The first kappa shape index (κ1) is 14.0. The normalized spacial score (nSPS) is 10.7. The molecule has 0 fully saturated rings. The molecule has 0 bridgehead atoms. The smallest absolute Gasteiger partial charge is 0.123 e. The highest BCUT2D eigenvalue weighted by molar-refractivity contribution is 7.09. The molecule has 1 N–H and O–H groups in total. The summed E-state index contributed by atoms with van der Waals surface area (Å²) < 4.78 is 12.9. The van der Waals surface area contributed by atoms with Gasteiger partial charge in [-0.1, -0.05) is 6.92 Å². The van der Waals surface area contributed by atoms with Gasteiger partial charge in [-0.25, -0.2) is 9.37 Å². The van der Waals surface area contributed by atoms with E-state index < -0.39 is 0 Å². The first-order chi connectivity index (χ1) is 9.19. The summed E-state index contributed by atoms with van der Waals surface area (Å²) in [6.45, 7) is 4.58. The maximum Gasteiger partial charge on any atom is 0.123 e. The minimum absolute atomic E-state index is 0.210. The minimum atomic E-state index is -0.210. The number of halogens is 1. The summed E-state index contributed by atoms with van der Waals surface area (Å²) >= 11 is 1.67. The molecule has 1 aromatic carbocycles. The van der Waals surface area contributed by atoms with Gasteiger partial charge in [-0.05, 0) is 30.8 Å². The predicted octanol–water partition coefficient (Wildman–Crippen LogP) is 3.03. The number of hydrogen-bond donors (Lipinski definition) is 1. The zero-order valence-corrected chi connectivity index (χ0v) is 12.0. The molecule has 0 saturated heterocycles. The fourth-order valence-corrected chi connectivity index (χ4v) is 2.52.